The summed E-state index contributed by atoms with van der Waals surface area (Å²) in [5, 5.41) is 3.72. The second kappa shape index (κ2) is 7.61. The van der Waals surface area contributed by atoms with Gasteiger partial charge in [0, 0.05) is 25.7 Å². The fourth-order valence-electron chi connectivity index (χ4n) is 3.82. The Balaban J connectivity index is 1.72. The molecule has 3 heteroatoms. The van der Waals surface area contributed by atoms with Crippen molar-refractivity contribution >= 4 is 0 Å². The molecule has 2 aliphatic heterocycles. The second-order valence-corrected chi connectivity index (χ2v) is 6.86. The Labute approximate surface area is 119 Å². The average molecular weight is 267 g/mol. The van der Waals surface area contributed by atoms with Crippen molar-refractivity contribution in [2.45, 2.75) is 45.6 Å². The van der Waals surface area contributed by atoms with Crippen molar-refractivity contribution in [2.24, 2.45) is 11.8 Å². The molecular formula is C16H33N3. The van der Waals surface area contributed by atoms with Crippen molar-refractivity contribution in [1.29, 1.82) is 0 Å². The normalized spacial score (nSPS) is 34.6. The summed E-state index contributed by atoms with van der Waals surface area (Å²) in [6, 6.07) is 0.755. The van der Waals surface area contributed by atoms with Crippen LogP contribution in [0.3, 0.4) is 0 Å². The monoisotopic (exact) mass is 267 g/mol. The molecule has 2 heterocycles. The Morgan fingerprint density at radius 1 is 1.16 bits per heavy atom. The van der Waals surface area contributed by atoms with Gasteiger partial charge in [0.1, 0.15) is 0 Å². The predicted octanol–water partition coefficient (Wildman–Crippen LogP) is 2.04. The molecule has 0 aromatic rings. The second-order valence-electron chi connectivity index (χ2n) is 6.86. The summed E-state index contributed by atoms with van der Waals surface area (Å²) >= 11 is 0. The first-order chi connectivity index (χ1) is 9.19. The highest BCUT2D eigenvalue weighted by atomic mass is 15.2. The molecule has 0 saturated carbocycles. The number of hydrogen-bond acceptors (Lipinski definition) is 3. The first-order valence-electron chi connectivity index (χ1n) is 8.33. The molecule has 0 bridgehead atoms. The third-order valence-corrected chi connectivity index (χ3v) is 4.88. The van der Waals surface area contributed by atoms with E-state index in [9.17, 15) is 0 Å². The van der Waals surface area contributed by atoms with Crippen LogP contribution in [0.25, 0.3) is 0 Å². The molecular weight excluding hydrogens is 234 g/mol. The van der Waals surface area contributed by atoms with E-state index in [1.165, 1.54) is 65.0 Å². The first-order valence-corrected chi connectivity index (χ1v) is 8.33. The maximum atomic E-state index is 3.72. The lowest BCUT2D eigenvalue weighted by atomic mass is 9.91. The zero-order chi connectivity index (χ0) is 13.7. The van der Waals surface area contributed by atoms with Gasteiger partial charge in [-0.1, -0.05) is 13.8 Å². The standard InChI is InChI=1S/C16H33N3/c1-4-8-17-16-7-10-19(11-14(16)2)13-15-6-5-9-18(3)12-15/h14-17H,4-13H2,1-3H3. The van der Waals surface area contributed by atoms with Crippen molar-refractivity contribution in [2.75, 3.05) is 46.3 Å². The average Bonchev–Trinajstić information content (AvgIpc) is 2.38. The van der Waals surface area contributed by atoms with Crippen molar-refractivity contribution < 1.29 is 0 Å². The molecule has 2 aliphatic rings. The number of nitrogens with zero attached hydrogens (tertiary/aromatic N) is 2. The van der Waals surface area contributed by atoms with Gasteiger partial charge in [0.05, 0.1) is 0 Å². The van der Waals surface area contributed by atoms with Crippen LogP contribution in [-0.4, -0.2) is 62.2 Å². The molecule has 2 fully saturated rings. The van der Waals surface area contributed by atoms with E-state index in [1.807, 2.05) is 0 Å². The number of likely N-dealkylation sites (tertiary alicyclic amines) is 2. The lowest BCUT2D eigenvalue weighted by Crippen LogP contribution is -2.50. The molecule has 0 aliphatic carbocycles. The lowest BCUT2D eigenvalue weighted by molar-refractivity contribution is 0.102. The molecule has 3 unspecified atom stereocenters. The summed E-state index contributed by atoms with van der Waals surface area (Å²) in [6.45, 7) is 12.4. The van der Waals surface area contributed by atoms with Crippen LogP contribution in [-0.2, 0) is 0 Å². The number of piperidine rings is 2. The molecule has 3 atom stereocenters. The molecule has 0 amide bonds. The minimum atomic E-state index is 0.755. The van der Waals surface area contributed by atoms with Crippen LogP contribution in [0.5, 0.6) is 0 Å². The van der Waals surface area contributed by atoms with Crippen LogP contribution in [0.4, 0.5) is 0 Å². The van der Waals surface area contributed by atoms with Gasteiger partial charge in [-0.3, -0.25) is 0 Å². The van der Waals surface area contributed by atoms with Gasteiger partial charge < -0.3 is 15.1 Å². The van der Waals surface area contributed by atoms with E-state index < -0.39 is 0 Å². The van der Waals surface area contributed by atoms with Gasteiger partial charge in [-0.2, -0.15) is 0 Å². The van der Waals surface area contributed by atoms with Crippen molar-refractivity contribution in [3.8, 4) is 0 Å². The largest absolute Gasteiger partial charge is 0.314 e. The van der Waals surface area contributed by atoms with E-state index in [0.29, 0.717) is 0 Å². The van der Waals surface area contributed by atoms with Crippen LogP contribution in [0.15, 0.2) is 0 Å². The fourth-order valence-corrected chi connectivity index (χ4v) is 3.82. The van der Waals surface area contributed by atoms with Crippen molar-refractivity contribution in [1.82, 2.24) is 15.1 Å². The van der Waals surface area contributed by atoms with Crippen LogP contribution >= 0.6 is 0 Å². The summed E-state index contributed by atoms with van der Waals surface area (Å²) < 4.78 is 0. The number of nitrogens with one attached hydrogen (secondary N) is 1. The van der Waals surface area contributed by atoms with Gasteiger partial charge in [-0.15, -0.1) is 0 Å². The van der Waals surface area contributed by atoms with E-state index in [4.69, 9.17) is 0 Å². The van der Waals surface area contributed by atoms with Crippen molar-refractivity contribution in [3.63, 3.8) is 0 Å². The first kappa shape index (κ1) is 15.3. The van der Waals surface area contributed by atoms with E-state index in [2.05, 4.69) is 36.0 Å². The molecule has 2 saturated heterocycles. The third-order valence-electron chi connectivity index (χ3n) is 4.88. The highest BCUT2D eigenvalue weighted by molar-refractivity contribution is 4.84. The summed E-state index contributed by atoms with van der Waals surface area (Å²) in [7, 11) is 2.27. The Bertz CT molecular complexity index is 256. The SMILES string of the molecule is CCCNC1CCN(CC2CCCN(C)C2)CC1C. The molecule has 0 aromatic carbocycles. The van der Waals surface area contributed by atoms with Crippen LogP contribution in [0, 0.1) is 11.8 Å². The molecule has 2 rings (SSSR count). The van der Waals surface area contributed by atoms with Crippen LogP contribution in [0.1, 0.15) is 39.5 Å². The van der Waals surface area contributed by atoms with Gasteiger partial charge in [-0.05, 0) is 64.2 Å². The van der Waals surface area contributed by atoms with Crippen LogP contribution < -0.4 is 5.32 Å². The van der Waals surface area contributed by atoms with Gasteiger partial charge in [0.25, 0.3) is 0 Å². The summed E-state index contributed by atoms with van der Waals surface area (Å²) in [5.74, 6) is 1.72. The zero-order valence-electron chi connectivity index (χ0n) is 13.2. The van der Waals surface area contributed by atoms with Crippen LogP contribution in [0.2, 0.25) is 0 Å². The predicted molar refractivity (Wildman–Crippen MR) is 82.5 cm³/mol. The maximum Gasteiger partial charge on any atom is 0.0117 e. The third kappa shape index (κ3) is 4.73. The highest BCUT2D eigenvalue weighted by Crippen LogP contribution is 2.21. The van der Waals surface area contributed by atoms with Gasteiger partial charge >= 0.3 is 0 Å². The van der Waals surface area contributed by atoms with E-state index in [1.54, 1.807) is 0 Å². The number of rotatable bonds is 5. The number of hydrogen-bond donors (Lipinski definition) is 1. The minimum Gasteiger partial charge on any atom is -0.314 e. The van der Waals surface area contributed by atoms with Gasteiger partial charge in [0.15, 0.2) is 0 Å². The highest BCUT2D eigenvalue weighted by Gasteiger charge is 2.27. The van der Waals surface area contributed by atoms with E-state index in [0.717, 1.165) is 17.9 Å². The molecule has 0 spiro atoms. The summed E-state index contributed by atoms with van der Waals surface area (Å²) in [6.07, 6.45) is 5.42. The summed E-state index contributed by atoms with van der Waals surface area (Å²) in [5.41, 5.74) is 0. The van der Waals surface area contributed by atoms with Gasteiger partial charge in [-0.25, -0.2) is 0 Å². The molecule has 1 N–H and O–H groups in total. The lowest BCUT2D eigenvalue weighted by Gasteiger charge is -2.40. The Kier molecular flexibility index (Phi) is 6.11. The molecule has 19 heavy (non-hydrogen) atoms. The van der Waals surface area contributed by atoms with E-state index in [-0.39, 0.29) is 0 Å². The quantitative estimate of drug-likeness (QED) is 0.822. The Morgan fingerprint density at radius 3 is 2.68 bits per heavy atom. The maximum absolute atomic E-state index is 3.72. The Hall–Kier alpha value is -0.120. The topological polar surface area (TPSA) is 18.5 Å². The molecule has 112 valence electrons. The fraction of sp³-hybridized carbons (Fsp3) is 1.00. The van der Waals surface area contributed by atoms with Crippen molar-refractivity contribution in [3.05, 3.63) is 0 Å². The molecule has 0 aromatic heterocycles. The smallest absolute Gasteiger partial charge is 0.0117 e. The molecule has 3 nitrogen and oxygen atoms in total. The van der Waals surface area contributed by atoms with Gasteiger partial charge in [0.2, 0.25) is 0 Å². The summed E-state index contributed by atoms with van der Waals surface area (Å²) in [4.78, 5) is 5.23. The molecule has 0 radical (unpaired) electrons. The minimum absolute atomic E-state index is 0.755. The van der Waals surface area contributed by atoms with E-state index >= 15 is 0 Å². The zero-order valence-corrected chi connectivity index (χ0v) is 13.2. The Morgan fingerprint density at radius 2 is 2.00 bits per heavy atom.